The zero-order valence-corrected chi connectivity index (χ0v) is 12.0. The van der Waals surface area contributed by atoms with Crippen molar-refractivity contribution in [3.8, 4) is 0 Å². The lowest BCUT2D eigenvalue weighted by molar-refractivity contribution is -0.0805. The van der Waals surface area contributed by atoms with Crippen LogP contribution in [0.5, 0.6) is 0 Å². The van der Waals surface area contributed by atoms with Crippen LogP contribution in [0.15, 0.2) is 0 Å². The van der Waals surface area contributed by atoms with Crippen LogP contribution in [0, 0.1) is 11.8 Å². The molecule has 0 amide bonds. The van der Waals surface area contributed by atoms with Crippen molar-refractivity contribution >= 4 is 0 Å². The average molecular weight is 239 g/mol. The van der Waals surface area contributed by atoms with Gasteiger partial charge in [0.25, 0.3) is 0 Å². The molecular weight excluding hydrogens is 210 g/mol. The van der Waals surface area contributed by atoms with Gasteiger partial charge >= 0.3 is 0 Å². The minimum atomic E-state index is 0.449. The lowest BCUT2D eigenvalue weighted by Gasteiger charge is -2.49. The number of likely N-dealkylation sites (tertiary alicyclic amines) is 1. The second-order valence-electron chi connectivity index (χ2n) is 6.27. The first kappa shape index (κ1) is 13.4. The van der Waals surface area contributed by atoms with Crippen LogP contribution in [0.3, 0.4) is 0 Å². The molecule has 0 radical (unpaired) electrons. The molecule has 100 valence electrons. The van der Waals surface area contributed by atoms with E-state index in [-0.39, 0.29) is 0 Å². The van der Waals surface area contributed by atoms with Crippen LogP contribution in [0.4, 0.5) is 0 Å². The van der Waals surface area contributed by atoms with Crippen molar-refractivity contribution in [1.82, 2.24) is 4.90 Å². The van der Waals surface area contributed by atoms with E-state index in [1.807, 2.05) is 7.11 Å². The molecule has 0 spiro atoms. The zero-order chi connectivity index (χ0) is 12.4. The van der Waals surface area contributed by atoms with E-state index in [2.05, 4.69) is 25.7 Å². The highest BCUT2D eigenvalue weighted by Gasteiger charge is 2.39. The first-order chi connectivity index (χ1) is 8.15. The first-order valence-electron chi connectivity index (χ1n) is 7.43. The van der Waals surface area contributed by atoms with Gasteiger partial charge < -0.3 is 4.74 Å². The van der Waals surface area contributed by atoms with Gasteiger partial charge in [0, 0.05) is 25.7 Å². The van der Waals surface area contributed by atoms with Gasteiger partial charge in [-0.15, -0.1) is 0 Å². The molecule has 1 aliphatic heterocycles. The molecule has 1 heterocycles. The van der Waals surface area contributed by atoms with E-state index >= 15 is 0 Å². The summed E-state index contributed by atoms with van der Waals surface area (Å²) in [7, 11) is 1.88. The van der Waals surface area contributed by atoms with Crippen molar-refractivity contribution in [3.63, 3.8) is 0 Å². The lowest BCUT2D eigenvalue weighted by Crippen LogP contribution is -2.57. The Hall–Kier alpha value is -0.0800. The van der Waals surface area contributed by atoms with Gasteiger partial charge in [0.1, 0.15) is 0 Å². The summed E-state index contributed by atoms with van der Waals surface area (Å²) in [5, 5.41) is 0. The van der Waals surface area contributed by atoms with Gasteiger partial charge in [-0.1, -0.05) is 33.1 Å². The third-order valence-corrected chi connectivity index (χ3v) is 5.18. The van der Waals surface area contributed by atoms with Gasteiger partial charge in [0.2, 0.25) is 0 Å². The summed E-state index contributed by atoms with van der Waals surface area (Å²) in [6, 6.07) is 1.53. The topological polar surface area (TPSA) is 12.5 Å². The summed E-state index contributed by atoms with van der Waals surface area (Å²) in [4.78, 5) is 2.78. The van der Waals surface area contributed by atoms with Gasteiger partial charge in [-0.3, -0.25) is 4.90 Å². The highest BCUT2D eigenvalue weighted by atomic mass is 16.5. The Kier molecular flexibility index (Phi) is 4.48. The van der Waals surface area contributed by atoms with Crippen molar-refractivity contribution in [1.29, 1.82) is 0 Å². The van der Waals surface area contributed by atoms with E-state index in [9.17, 15) is 0 Å². The predicted octanol–water partition coefficient (Wildman–Crippen LogP) is 3.31. The molecule has 2 nitrogen and oxygen atoms in total. The highest BCUT2D eigenvalue weighted by Crippen LogP contribution is 2.34. The second-order valence-corrected chi connectivity index (χ2v) is 6.27. The summed E-state index contributed by atoms with van der Waals surface area (Å²) in [6.45, 7) is 8.35. The zero-order valence-electron chi connectivity index (χ0n) is 12.0. The maximum Gasteiger partial charge on any atom is 0.0649 e. The van der Waals surface area contributed by atoms with E-state index in [4.69, 9.17) is 4.74 Å². The number of hydrogen-bond acceptors (Lipinski definition) is 2. The van der Waals surface area contributed by atoms with E-state index in [1.54, 1.807) is 0 Å². The summed E-state index contributed by atoms with van der Waals surface area (Å²) in [5.41, 5.74) is 0. The Balaban J connectivity index is 2.03. The van der Waals surface area contributed by atoms with Crippen LogP contribution >= 0.6 is 0 Å². The van der Waals surface area contributed by atoms with Gasteiger partial charge in [-0.25, -0.2) is 0 Å². The first-order valence-corrected chi connectivity index (χ1v) is 7.43. The molecule has 0 N–H and O–H groups in total. The molecule has 2 aliphatic rings. The van der Waals surface area contributed by atoms with Crippen LogP contribution in [0.1, 0.15) is 52.9 Å². The number of nitrogens with zero attached hydrogens (tertiary/aromatic N) is 1. The van der Waals surface area contributed by atoms with Crippen LogP contribution in [-0.4, -0.2) is 36.7 Å². The van der Waals surface area contributed by atoms with Gasteiger partial charge in [-0.05, 0) is 31.6 Å². The number of hydrogen-bond donors (Lipinski definition) is 0. The van der Waals surface area contributed by atoms with E-state index in [1.165, 1.54) is 38.6 Å². The van der Waals surface area contributed by atoms with Crippen LogP contribution in [0.2, 0.25) is 0 Å². The van der Waals surface area contributed by atoms with Crippen LogP contribution in [-0.2, 0) is 4.74 Å². The molecule has 4 unspecified atom stereocenters. The van der Waals surface area contributed by atoms with E-state index < -0.39 is 0 Å². The number of ether oxygens (including phenoxy) is 1. The summed E-state index contributed by atoms with van der Waals surface area (Å²) < 4.78 is 5.70. The van der Waals surface area contributed by atoms with E-state index in [0.717, 1.165) is 6.04 Å². The van der Waals surface area contributed by atoms with Crippen molar-refractivity contribution < 1.29 is 4.74 Å². The largest absolute Gasteiger partial charge is 0.381 e. The summed E-state index contributed by atoms with van der Waals surface area (Å²) in [5.74, 6) is 1.33. The summed E-state index contributed by atoms with van der Waals surface area (Å²) >= 11 is 0. The minimum absolute atomic E-state index is 0.449. The van der Waals surface area contributed by atoms with Gasteiger partial charge in [0.05, 0.1) is 6.10 Å². The van der Waals surface area contributed by atoms with Crippen molar-refractivity contribution in [2.45, 2.75) is 71.1 Å². The van der Waals surface area contributed by atoms with Crippen molar-refractivity contribution in [2.24, 2.45) is 11.8 Å². The third-order valence-electron chi connectivity index (χ3n) is 5.18. The monoisotopic (exact) mass is 239 g/mol. The molecule has 2 heteroatoms. The normalized spacial score (nSPS) is 41.6. The minimum Gasteiger partial charge on any atom is -0.381 e. The molecule has 2 fully saturated rings. The molecule has 1 aliphatic carbocycles. The molecule has 1 saturated carbocycles. The average Bonchev–Trinajstić information content (AvgIpc) is 2.35. The Morgan fingerprint density at radius 1 is 1.00 bits per heavy atom. The molecule has 0 aromatic heterocycles. The highest BCUT2D eigenvalue weighted by molar-refractivity contribution is 4.92. The molecule has 0 aromatic carbocycles. The van der Waals surface area contributed by atoms with E-state index in [0.29, 0.717) is 24.0 Å². The maximum absolute atomic E-state index is 5.70. The number of piperidine rings is 1. The Morgan fingerprint density at radius 2 is 1.65 bits per heavy atom. The molecule has 0 aromatic rings. The molecule has 1 saturated heterocycles. The van der Waals surface area contributed by atoms with Gasteiger partial charge in [-0.2, -0.15) is 0 Å². The Labute approximate surface area is 107 Å². The standard InChI is InChI=1S/C15H29NO/c1-11-10-16(14-8-6-5-7-9-14)13(3)12(2)15(11)17-4/h11-15H,5-10H2,1-4H3. The molecule has 4 atom stereocenters. The quantitative estimate of drug-likeness (QED) is 0.733. The fourth-order valence-corrected chi connectivity index (χ4v) is 4.04. The molecule has 2 rings (SSSR count). The Morgan fingerprint density at radius 3 is 2.24 bits per heavy atom. The Bertz CT molecular complexity index is 237. The second kappa shape index (κ2) is 5.71. The number of rotatable bonds is 2. The molecule has 17 heavy (non-hydrogen) atoms. The van der Waals surface area contributed by atoms with Crippen molar-refractivity contribution in [3.05, 3.63) is 0 Å². The predicted molar refractivity (Wildman–Crippen MR) is 72.2 cm³/mol. The molecule has 0 bridgehead atoms. The summed E-state index contributed by atoms with van der Waals surface area (Å²) in [6.07, 6.45) is 7.60. The smallest absolute Gasteiger partial charge is 0.0649 e. The SMILES string of the molecule is COC1C(C)CN(C2CCCCC2)C(C)C1C. The molecular formula is C15H29NO. The van der Waals surface area contributed by atoms with Crippen LogP contribution < -0.4 is 0 Å². The fourth-order valence-electron chi connectivity index (χ4n) is 4.04. The fraction of sp³-hybridized carbons (Fsp3) is 1.00. The lowest BCUT2D eigenvalue weighted by atomic mass is 9.80. The van der Waals surface area contributed by atoms with Gasteiger partial charge in [0.15, 0.2) is 0 Å². The van der Waals surface area contributed by atoms with Crippen LogP contribution in [0.25, 0.3) is 0 Å². The number of methoxy groups -OCH3 is 1. The maximum atomic E-state index is 5.70. The van der Waals surface area contributed by atoms with Crippen molar-refractivity contribution in [2.75, 3.05) is 13.7 Å². The third kappa shape index (κ3) is 2.68.